The van der Waals surface area contributed by atoms with Gasteiger partial charge in [0, 0.05) is 7.78 Å². The number of rotatable bonds is 2. The lowest BCUT2D eigenvalue weighted by molar-refractivity contribution is 0.610. The average Bonchev–Trinajstić information content (AvgIpc) is 2.05. The van der Waals surface area contributed by atoms with Crippen molar-refractivity contribution in [2.24, 2.45) is 0 Å². The van der Waals surface area contributed by atoms with E-state index in [1.807, 2.05) is 19.1 Å². The highest BCUT2D eigenvalue weighted by molar-refractivity contribution is 8.43. The molecular formula is C8H11O2PS. The van der Waals surface area contributed by atoms with Gasteiger partial charge in [-0.3, -0.25) is 0 Å². The maximum Gasteiger partial charge on any atom is 0.191 e. The molecule has 0 aliphatic carbocycles. The fourth-order valence-electron chi connectivity index (χ4n) is 0.835. The lowest BCUT2D eigenvalue weighted by Crippen LogP contribution is -1.91. The second-order valence-electron chi connectivity index (χ2n) is 2.52. The number of aryl methyl sites for hydroxylation is 1. The van der Waals surface area contributed by atoms with Gasteiger partial charge in [-0.15, -0.1) is 0 Å². The molecule has 66 valence electrons. The summed E-state index contributed by atoms with van der Waals surface area (Å²) in [4.78, 5) is 0.425. The zero-order valence-electron chi connectivity index (χ0n) is 7.03. The van der Waals surface area contributed by atoms with Gasteiger partial charge in [0.25, 0.3) is 0 Å². The molecule has 12 heavy (non-hydrogen) atoms. The molecule has 4 heteroatoms. The van der Waals surface area contributed by atoms with Crippen LogP contribution in [0.4, 0.5) is 0 Å². The van der Waals surface area contributed by atoms with Gasteiger partial charge in [-0.05, 0) is 25.7 Å². The van der Waals surface area contributed by atoms with Crippen molar-refractivity contribution in [3.63, 3.8) is 0 Å². The Labute approximate surface area is 74.5 Å². The first-order valence-electron chi connectivity index (χ1n) is 3.56. The van der Waals surface area contributed by atoms with Crippen LogP contribution in [0.5, 0.6) is 0 Å². The maximum absolute atomic E-state index is 11.3. The van der Waals surface area contributed by atoms with Gasteiger partial charge >= 0.3 is 0 Å². The van der Waals surface area contributed by atoms with Gasteiger partial charge in [-0.25, -0.2) is 8.42 Å². The molecule has 1 aromatic carbocycles. The molecule has 0 spiro atoms. The van der Waals surface area contributed by atoms with Crippen LogP contribution in [-0.4, -0.2) is 15.1 Å². The fourth-order valence-corrected chi connectivity index (χ4v) is 2.68. The van der Waals surface area contributed by atoms with Crippen molar-refractivity contribution >= 4 is 17.2 Å². The third kappa shape index (κ3) is 2.05. The highest BCUT2D eigenvalue weighted by atomic mass is 32.8. The van der Waals surface area contributed by atoms with Crippen LogP contribution in [0.25, 0.3) is 0 Å². The minimum absolute atomic E-state index is 0.0691. The summed E-state index contributed by atoms with van der Waals surface area (Å²) in [7, 11) is -3.06. The van der Waals surface area contributed by atoms with Crippen LogP contribution in [-0.2, 0) is 9.46 Å². The second-order valence-corrected chi connectivity index (χ2v) is 7.24. The van der Waals surface area contributed by atoms with E-state index in [0.29, 0.717) is 4.90 Å². The Kier molecular flexibility index (Phi) is 2.86. The molecule has 0 saturated carbocycles. The van der Waals surface area contributed by atoms with Gasteiger partial charge < -0.3 is 0 Å². The first kappa shape index (κ1) is 9.69. The topological polar surface area (TPSA) is 34.1 Å². The van der Waals surface area contributed by atoms with E-state index < -0.39 is 9.46 Å². The number of hydrogen-bond acceptors (Lipinski definition) is 2. The minimum Gasteiger partial charge on any atom is -0.220 e. The Bertz CT molecular complexity index is 353. The van der Waals surface area contributed by atoms with Gasteiger partial charge in [0.05, 0.1) is 4.90 Å². The van der Waals surface area contributed by atoms with Crippen LogP contribution in [0.2, 0.25) is 0 Å². The molecule has 1 unspecified atom stereocenters. The summed E-state index contributed by atoms with van der Waals surface area (Å²) in [5.74, 6) is 0. The van der Waals surface area contributed by atoms with E-state index in [4.69, 9.17) is 0 Å². The quantitative estimate of drug-likeness (QED) is 0.687. The molecule has 0 aliphatic rings. The summed E-state index contributed by atoms with van der Waals surface area (Å²) in [6, 6.07) is 6.93. The molecule has 0 N–H and O–H groups in total. The van der Waals surface area contributed by atoms with Gasteiger partial charge in [-0.2, -0.15) is 0 Å². The summed E-state index contributed by atoms with van der Waals surface area (Å²) in [5.41, 5.74) is 1.08. The maximum atomic E-state index is 11.3. The van der Waals surface area contributed by atoms with E-state index in [2.05, 4.69) is 0 Å². The van der Waals surface area contributed by atoms with Crippen molar-refractivity contribution in [2.45, 2.75) is 11.8 Å². The van der Waals surface area contributed by atoms with E-state index >= 15 is 0 Å². The second kappa shape index (κ2) is 3.55. The zero-order chi connectivity index (χ0) is 9.19. The summed E-state index contributed by atoms with van der Waals surface area (Å²) >= 11 is 0. The van der Waals surface area contributed by atoms with Crippen LogP contribution >= 0.6 is 7.78 Å². The molecular weight excluding hydrogens is 191 g/mol. The largest absolute Gasteiger partial charge is 0.220 e. The smallest absolute Gasteiger partial charge is 0.191 e. The Hall–Kier alpha value is -0.400. The molecule has 0 aliphatic heterocycles. The predicted octanol–water partition coefficient (Wildman–Crippen LogP) is 1.99. The van der Waals surface area contributed by atoms with Crippen LogP contribution in [0.15, 0.2) is 29.2 Å². The van der Waals surface area contributed by atoms with Crippen molar-refractivity contribution in [1.82, 2.24) is 0 Å². The lowest BCUT2D eigenvalue weighted by atomic mass is 10.2. The highest BCUT2D eigenvalue weighted by Gasteiger charge is 2.09. The van der Waals surface area contributed by atoms with Crippen LogP contribution < -0.4 is 0 Å². The molecule has 0 saturated heterocycles. The Balaban J connectivity index is 3.14. The molecule has 0 fully saturated rings. The lowest BCUT2D eigenvalue weighted by Gasteiger charge is -2.00. The molecule has 0 bridgehead atoms. The van der Waals surface area contributed by atoms with Crippen LogP contribution in [0.1, 0.15) is 5.56 Å². The van der Waals surface area contributed by atoms with Crippen molar-refractivity contribution in [3.8, 4) is 0 Å². The number of hydrogen-bond donors (Lipinski definition) is 0. The van der Waals surface area contributed by atoms with E-state index in [1.54, 1.807) is 18.8 Å². The van der Waals surface area contributed by atoms with E-state index in [1.165, 1.54) is 0 Å². The highest BCUT2D eigenvalue weighted by Crippen LogP contribution is 2.25. The Morgan fingerprint density at radius 1 is 1.17 bits per heavy atom. The fraction of sp³-hybridized carbons (Fsp3) is 0.250. The minimum atomic E-state index is -2.99. The van der Waals surface area contributed by atoms with Crippen molar-refractivity contribution in [3.05, 3.63) is 29.8 Å². The summed E-state index contributed by atoms with van der Waals surface area (Å²) in [6.07, 6.45) is 0. The molecule has 1 atom stereocenters. The third-order valence-electron chi connectivity index (χ3n) is 1.60. The van der Waals surface area contributed by atoms with Crippen molar-refractivity contribution < 1.29 is 8.42 Å². The Morgan fingerprint density at radius 2 is 1.67 bits per heavy atom. The Morgan fingerprint density at radius 3 is 2.08 bits per heavy atom. The van der Waals surface area contributed by atoms with Gasteiger partial charge in [0.1, 0.15) is 0 Å². The standard InChI is InChI=1S/C8H11O2PS/c1-7-3-5-8(6-4-7)12(9,10)11-2/h3-6,11H,1-2H3. The van der Waals surface area contributed by atoms with Crippen LogP contribution in [0, 0.1) is 6.92 Å². The SMILES string of the molecule is CPS(=O)(=O)c1ccc(C)cc1. The van der Waals surface area contributed by atoms with Crippen LogP contribution in [0.3, 0.4) is 0 Å². The molecule has 0 amide bonds. The third-order valence-corrected chi connectivity index (χ3v) is 5.35. The van der Waals surface area contributed by atoms with E-state index in [9.17, 15) is 8.42 Å². The van der Waals surface area contributed by atoms with Crippen molar-refractivity contribution in [2.75, 3.05) is 6.66 Å². The molecule has 0 aromatic heterocycles. The molecule has 2 nitrogen and oxygen atoms in total. The summed E-state index contributed by atoms with van der Waals surface area (Å²) < 4.78 is 22.6. The van der Waals surface area contributed by atoms with E-state index in [-0.39, 0.29) is 7.78 Å². The van der Waals surface area contributed by atoms with Crippen molar-refractivity contribution in [1.29, 1.82) is 0 Å². The first-order valence-corrected chi connectivity index (χ1v) is 7.27. The summed E-state index contributed by atoms with van der Waals surface area (Å²) in [6.45, 7) is 3.61. The van der Waals surface area contributed by atoms with Gasteiger partial charge in [-0.1, -0.05) is 17.7 Å². The van der Waals surface area contributed by atoms with E-state index in [0.717, 1.165) is 5.56 Å². The summed E-state index contributed by atoms with van der Waals surface area (Å²) in [5, 5.41) is 0. The molecule has 1 aromatic rings. The zero-order valence-corrected chi connectivity index (χ0v) is 8.85. The molecule has 0 radical (unpaired) electrons. The number of benzene rings is 1. The first-order chi connectivity index (χ1) is 5.56. The predicted molar refractivity (Wildman–Crippen MR) is 52.6 cm³/mol. The molecule has 1 rings (SSSR count). The van der Waals surface area contributed by atoms with Gasteiger partial charge in [0.2, 0.25) is 0 Å². The normalized spacial score (nSPS) is 12.5. The molecule has 0 heterocycles. The monoisotopic (exact) mass is 202 g/mol. The van der Waals surface area contributed by atoms with Gasteiger partial charge in [0.15, 0.2) is 9.46 Å². The average molecular weight is 202 g/mol.